The predicted octanol–water partition coefficient (Wildman–Crippen LogP) is 2.36. The standard InChI is InChI=1S/C12H24O2/c1-9(2)12(7-5-10(3)13)8-6-11(4)14/h5,7,9-14H,6,8H2,1-4H3/b7-5+/t10-,11-,12+/m0/s1. The Labute approximate surface area is 87.7 Å². The Balaban J connectivity index is 4.03. The van der Waals surface area contributed by atoms with Gasteiger partial charge in [0.15, 0.2) is 0 Å². The van der Waals surface area contributed by atoms with Gasteiger partial charge >= 0.3 is 0 Å². The SMILES string of the molecule is CC(C)[C@H](/C=C/[C@H](C)O)CC[C@H](C)O. The van der Waals surface area contributed by atoms with Crippen molar-refractivity contribution in [2.45, 2.75) is 52.7 Å². The minimum atomic E-state index is -0.372. The number of aliphatic hydroxyl groups is 2. The summed E-state index contributed by atoms with van der Waals surface area (Å²) in [4.78, 5) is 0. The number of allylic oxidation sites excluding steroid dienone is 1. The Morgan fingerprint density at radius 2 is 1.50 bits per heavy atom. The van der Waals surface area contributed by atoms with Crippen LogP contribution < -0.4 is 0 Å². The second-order valence-electron chi connectivity index (χ2n) is 4.46. The van der Waals surface area contributed by atoms with E-state index in [1.54, 1.807) is 6.92 Å². The molecule has 0 bridgehead atoms. The van der Waals surface area contributed by atoms with E-state index < -0.39 is 0 Å². The van der Waals surface area contributed by atoms with Crippen LogP contribution in [0.2, 0.25) is 0 Å². The number of aliphatic hydroxyl groups excluding tert-OH is 2. The fourth-order valence-electron chi connectivity index (χ4n) is 1.39. The smallest absolute Gasteiger partial charge is 0.0692 e. The third-order valence-corrected chi connectivity index (χ3v) is 2.41. The summed E-state index contributed by atoms with van der Waals surface area (Å²) in [5, 5.41) is 18.3. The summed E-state index contributed by atoms with van der Waals surface area (Å²) in [5.74, 6) is 1.02. The van der Waals surface area contributed by atoms with Crippen molar-refractivity contribution in [1.29, 1.82) is 0 Å². The van der Waals surface area contributed by atoms with Crippen LogP contribution in [0.1, 0.15) is 40.5 Å². The summed E-state index contributed by atoms with van der Waals surface area (Å²) >= 11 is 0. The van der Waals surface area contributed by atoms with Crippen molar-refractivity contribution in [3.8, 4) is 0 Å². The summed E-state index contributed by atoms with van der Waals surface area (Å²) in [6.45, 7) is 7.90. The van der Waals surface area contributed by atoms with Gasteiger partial charge in [0.2, 0.25) is 0 Å². The zero-order chi connectivity index (χ0) is 11.1. The summed E-state index contributed by atoms with van der Waals surface area (Å²) in [5.41, 5.74) is 0. The molecule has 0 aromatic carbocycles. The van der Waals surface area contributed by atoms with E-state index in [9.17, 15) is 5.11 Å². The van der Waals surface area contributed by atoms with Gasteiger partial charge in [0.1, 0.15) is 0 Å². The van der Waals surface area contributed by atoms with Crippen molar-refractivity contribution in [3.63, 3.8) is 0 Å². The van der Waals surface area contributed by atoms with Gasteiger partial charge in [-0.3, -0.25) is 0 Å². The molecule has 0 unspecified atom stereocenters. The molecule has 0 aromatic rings. The molecule has 0 amide bonds. The second kappa shape index (κ2) is 7.02. The van der Waals surface area contributed by atoms with E-state index in [1.165, 1.54) is 0 Å². The van der Waals surface area contributed by atoms with E-state index in [0.29, 0.717) is 11.8 Å². The monoisotopic (exact) mass is 200 g/mol. The highest BCUT2D eigenvalue weighted by Crippen LogP contribution is 2.19. The van der Waals surface area contributed by atoms with Crippen LogP contribution in [-0.2, 0) is 0 Å². The third-order valence-electron chi connectivity index (χ3n) is 2.41. The summed E-state index contributed by atoms with van der Waals surface area (Å²) in [6.07, 6.45) is 5.11. The minimum Gasteiger partial charge on any atom is -0.393 e. The number of hydrogen-bond donors (Lipinski definition) is 2. The predicted molar refractivity (Wildman–Crippen MR) is 60.1 cm³/mol. The second-order valence-corrected chi connectivity index (χ2v) is 4.46. The fraction of sp³-hybridized carbons (Fsp3) is 0.833. The van der Waals surface area contributed by atoms with Gasteiger partial charge < -0.3 is 10.2 Å². The molecule has 0 aliphatic carbocycles. The van der Waals surface area contributed by atoms with Crippen LogP contribution in [0.5, 0.6) is 0 Å². The molecule has 0 heterocycles. The maximum atomic E-state index is 9.19. The minimum absolute atomic E-state index is 0.226. The first-order chi connectivity index (χ1) is 6.43. The van der Waals surface area contributed by atoms with Crippen molar-refractivity contribution in [2.24, 2.45) is 11.8 Å². The van der Waals surface area contributed by atoms with Crippen molar-refractivity contribution < 1.29 is 10.2 Å². The van der Waals surface area contributed by atoms with E-state index in [1.807, 2.05) is 13.0 Å². The van der Waals surface area contributed by atoms with Gasteiger partial charge in [-0.05, 0) is 38.5 Å². The van der Waals surface area contributed by atoms with Crippen molar-refractivity contribution in [3.05, 3.63) is 12.2 Å². The van der Waals surface area contributed by atoms with E-state index >= 15 is 0 Å². The molecule has 0 radical (unpaired) electrons. The van der Waals surface area contributed by atoms with E-state index in [0.717, 1.165) is 12.8 Å². The third kappa shape index (κ3) is 7.10. The lowest BCUT2D eigenvalue weighted by Gasteiger charge is -2.18. The van der Waals surface area contributed by atoms with Gasteiger partial charge in [-0.25, -0.2) is 0 Å². The maximum absolute atomic E-state index is 9.19. The van der Waals surface area contributed by atoms with Crippen molar-refractivity contribution in [2.75, 3.05) is 0 Å². The molecule has 2 heteroatoms. The molecule has 2 N–H and O–H groups in total. The highest BCUT2D eigenvalue weighted by Gasteiger charge is 2.11. The average molecular weight is 200 g/mol. The molecule has 0 saturated heterocycles. The molecule has 0 aromatic heterocycles. The molecule has 0 fully saturated rings. The van der Waals surface area contributed by atoms with E-state index in [4.69, 9.17) is 5.11 Å². The summed E-state index contributed by atoms with van der Waals surface area (Å²) in [6, 6.07) is 0. The maximum Gasteiger partial charge on any atom is 0.0692 e. The summed E-state index contributed by atoms with van der Waals surface area (Å²) in [7, 11) is 0. The van der Waals surface area contributed by atoms with Gasteiger partial charge in [-0.2, -0.15) is 0 Å². The van der Waals surface area contributed by atoms with Crippen LogP contribution in [0.25, 0.3) is 0 Å². The highest BCUT2D eigenvalue weighted by molar-refractivity contribution is 4.93. The number of rotatable bonds is 6. The molecule has 14 heavy (non-hydrogen) atoms. The van der Waals surface area contributed by atoms with E-state index in [2.05, 4.69) is 19.9 Å². The Morgan fingerprint density at radius 3 is 1.86 bits per heavy atom. The van der Waals surface area contributed by atoms with E-state index in [-0.39, 0.29) is 12.2 Å². The Hall–Kier alpha value is -0.340. The number of hydrogen-bond acceptors (Lipinski definition) is 2. The molecule has 0 rings (SSSR count). The van der Waals surface area contributed by atoms with Crippen LogP contribution in [0.15, 0.2) is 12.2 Å². The lowest BCUT2D eigenvalue weighted by molar-refractivity contribution is 0.172. The Kier molecular flexibility index (Phi) is 6.85. The molecule has 0 aliphatic rings. The quantitative estimate of drug-likeness (QED) is 0.646. The van der Waals surface area contributed by atoms with Crippen LogP contribution in [-0.4, -0.2) is 22.4 Å². The summed E-state index contributed by atoms with van der Waals surface area (Å²) < 4.78 is 0. The first kappa shape index (κ1) is 13.7. The first-order valence-electron chi connectivity index (χ1n) is 5.48. The van der Waals surface area contributed by atoms with Crippen LogP contribution in [0.3, 0.4) is 0 Å². The van der Waals surface area contributed by atoms with Gasteiger partial charge in [0, 0.05) is 0 Å². The largest absolute Gasteiger partial charge is 0.393 e. The van der Waals surface area contributed by atoms with Crippen LogP contribution >= 0.6 is 0 Å². The molecule has 3 atom stereocenters. The molecule has 0 aliphatic heterocycles. The molecular formula is C12H24O2. The zero-order valence-electron chi connectivity index (χ0n) is 9.77. The van der Waals surface area contributed by atoms with Gasteiger partial charge in [0.05, 0.1) is 12.2 Å². The topological polar surface area (TPSA) is 40.5 Å². The molecule has 0 spiro atoms. The van der Waals surface area contributed by atoms with Gasteiger partial charge in [0.25, 0.3) is 0 Å². The van der Waals surface area contributed by atoms with Crippen LogP contribution in [0.4, 0.5) is 0 Å². The highest BCUT2D eigenvalue weighted by atomic mass is 16.3. The fourth-order valence-corrected chi connectivity index (χ4v) is 1.39. The molecular weight excluding hydrogens is 176 g/mol. The average Bonchev–Trinajstić information content (AvgIpc) is 2.02. The Bertz CT molecular complexity index is 160. The molecule has 0 saturated carbocycles. The molecule has 2 nitrogen and oxygen atoms in total. The zero-order valence-corrected chi connectivity index (χ0v) is 9.77. The molecule has 84 valence electrons. The Morgan fingerprint density at radius 1 is 0.929 bits per heavy atom. The lowest BCUT2D eigenvalue weighted by atomic mass is 9.89. The van der Waals surface area contributed by atoms with Crippen molar-refractivity contribution >= 4 is 0 Å². The van der Waals surface area contributed by atoms with Crippen LogP contribution in [0, 0.1) is 11.8 Å². The van der Waals surface area contributed by atoms with Gasteiger partial charge in [-0.15, -0.1) is 0 Å². The first-order valence-corrected chi connectivity index (χ1v) is 5.48. The lowest BCUT2D eigenvalue weighted by Crippen LogP contribution is -2.10. The normalized spacial score (nSPS) is 18.8. The van der Waals surface area contributed by atoms with Crippen molar-refractivity contribution in [1.82, 2.24) is 0 Å². The van der Waals surface area contributed by atoms with Gasteiger partial charge in [-0.1, -0.05) is 26.0 Å².